The quantitative estimate of drug-likeness (QED) is 0.346. The molecule has 33 heavy (non-hydrogen) atoms. The molecule has 1 N–H and O–H groups in total. The van der Waals surface area contributed by atoms with Crippen LogP contribution in [0.3, 0.4) is 0 Å². The number of carbonyl (C=O) groups is 2. The van der Waals surface area contributed by atoms with Crippen LogP contribution < -0.4 is 10.1 Å². The van der Waals surface area contributed by atoms with Gasteiger partial charge in [-0.05, 0) is 78.3 Å². The second-order valence-corrected chi connectivity index (χ2v) is 10.3. The number of amides is 2. The zero-order valence-corrected chi connectivity index (χ0v) is 22.3. The number of hydrogen-bond donors (Lipinski definition) is 1. The molecule has 0 saturated heterocycles. The lowest BCUT2D eigenvalue weighted by Gasteiger charge is -2.33. The Morgan fingerprint density at radius 2 is 1.73 bits per heavy atom. The molecule has 0 unspecified atom stereocenters. The first-order chi connectivity index (χ1) is 15.9. The van der Waals surface area contributed by atoms with Crippen molar-refractivity contribution in [2.24, 2.45) is 0 Å². The van der Waals surface area contributed by atoms with Gasteiger partial charge >= 0.3 is 0 Å². The summed E-state index contributed by atoms with van der Waals surface area (Å²) in [5.74, 6) is 0.157. The number of benzene rings is 2. The van der Waals surface area contributed by atoms with E-state index in [2.05, 4.69) is 27.9 Å². The molecule has 1 saturated carbocycles. The Morgan fingerprint density at radius 3 is 2.33 bits per heavy atom. The summed E-state index contributed by atoms with van der Waals surface area (Å²) in [5.41, 5.74) is 0.618. The van der Waals surface area contributed by atoms with Crippen molar-refractivity contribution in [1.29, 1.82) is 0 Å². The minimum absolute atomic E-state index is 0.129. The molecule has 2 amide bonds. The number of hydrogen-bond acceptors (Lipinski definition) is 3. The molecular formula is C25H29Cl2IN2O3. The fraction of sp³-hybridized carbons (Fsp3) is 0.440. The molecule has 8 heteroatoms. The van der Waals surface area contributed by atoms with Crippen LogP contribution in [0.25, 0.3) is 0 Å². The first-order valence-electron chi connectivity index (χ1n) is 11.3. The van der Waals surface area contributed by atoms with Crippen LogP contribution in [0, 0.1) is 3.57 Å². The van der Waals surface area contributed by atoms with Gasteiger partial charge in [0.1, 0.15) is 11.8 Å². The zero-order chi connectivity index (χ0) is 23.8. The molecule has 2 aromatic carbocycles. The van der Waals surface area contributed by atoms with Crippen molar-refractivity contribution >= 4 is 57.6 Å². The van der Waals surface area contributed by atoms with Gasteiger partial charge in [0, 0.05) is 31.8 Å². The Bertz CT molecular complexity index is 929. The topological polar surface area (TPSA) is 58.6 Å². The fourth-order valence-electron chi connectivity index (χ4n) is 4.08. The van der Waals surface area contributed by atoms with E-state index in [0.29, 0.717) is 27.8 Å². The third kappa shape index (κ3) is 7.49. The highest BCUT2D eigenvalue weighted by Gasteiger charge is 2.31. The maximum atomic E-state index is 13.3. The second-order valence-electron chi connectivity index (χ2n) is 8.23. The first kappa shape index (κ1) is 26.1. The molecule has 1 atom stereocenters. The summed E-state index contributed by atoms with van der Waals surface area (Å²) in [7, 11) is 0. The van der Waals surface area contributed by atoms with Crippen LogP contribution in [-0.4, -0.2) is 35.4 Å². The van der Waals surface area contributed by atoms with E-state index < -0.39 is 6.04 Å². The maximum Gasteiger partial charge on any atom is 0.261 e. The molecule has 1 aliphatic rings. The lowest BCUT2D eigenvalue weighted by Crippen LogP contribution is -2.52. The van der Waals surface area contributed by atoms with Gasteiger partial charge < -0.3 is 15.0 Å². The normalized spacial score (nSPS) is 15.0. The Labute approximate surface area is 219 Å². The predicted molar refractivity (Wildman–Crippen MR) is 141 cm³/mol. The van der Waals surface area contributed by atoms with Crippen LogP contribution >= 0.6 is 45.8 Å². The first-order valence-corrected chi connectivity index (χ1v) is 13.1. The highest BCUT2D eigenvalue weighted by Crippen LogP contribution is 2.27. The van der Waals surface area contributed by atoms with Crippen LogP contribution in [-0.2, 0) is 16.1 Å². The van der Waals surface area contributed by atoms with Crippen LogP contribution in [0.15, 0.2) is 42.5 Å². The summed E-state index contributed by atoms with van der Waals surface area (Å²) in [5, 5.41) is 4.08. The summed E-state index contributed by atoms with van der Waals surface area (Å²) >= 11 is 15.0. The Morgan fingerprint density at radius 1 is 1.09 bits per heavy atom. The SMILES string of the molecule is CC[C@@H](C(=O)NC1CCCCC1)N(Cc1c(Cl)cccc1Cl)C(=O)COc1ccc(I)cc1. The highest BCUT2D eigenvalue weighted by molar-refractivity contribution is 14.1. The smallest absolute Gasteiger partial charge is 0.261 e. The average Bonchev–Trinajstić information content (AvgIpc) is 2.81. The van der Waals surface area contributed by atoms with Crippen molar-refractivity contribution in [2.75, 3.05) is 6.61 Å². The number of halogens is 3. The Kier molecular flexibility index (Phi) is 10.1. The molecule has 2 aromatic rings. The standard InChI is InChI=1S/C25H29Cl2IN2O3/c1-2-23(25(32)29-18-7-4-3-5-8-18)30(15-20-21(26)9-6-10-22(20)27)24(31)16-33-19-13-11-17(28)12-14-19/h6,9-14,18,23H,2-5,7-8,15-16H2,1H3,(H,29,32)/t23-/m0/s1. The molecule has 178 valence electrons. The highest BCUT2D eigenvalue weighted by atomic mass is 127. The summed E-state index contributed by atoms with van der Waals surface area (Å²) in [6.07, 6.45) is 5.85. The van der Waals surface area contributed by atoms with E-state index in [4.69, 9.17) is 27.9 Å². The van der Waals surface area contributed by atoms with E-state index in [1.54, 1.807) is 18.2 Å². The van der Waals surface area contributed by atoms with E-state index in [-0.39, 0.29) is 31.0 Å². The Balaban J connectivity index is 1.79. The van der Waals surface area contributed by atoms with Crippen molar-refractivity contribution in [3.05, 3.63) is 61.6 Å². The lowest BCUT2D eigenvalue weighted by atomic mass is 9.95. The minimum atomic E-state index is -0.646. The molecule has 0 aromatic heterocycles. The van der Waals surface area contributed by atoms with E-state index in [1.807, 2.05) is 31.2 Å². The molecule has 0 heterocycles. The van der Waals surface area contributed by atoms with Gasteiger partial charge in [0.05, 0.1) is 0 Å². The lowest BCUT2D eigenvalue weighted by molar-refractivity contribution is -0.143. The van der Waals surface area contributed by atoms with Crippen molar-refractivity contribution in [1.82, 2.24) is 10.2 Å². The molecule has 0 radical (unpaired) electrons. The summed E-state index contributed by atoms with van der Waals surface area (Å²) in [6, 6.07) is 12.2. The zero-order valence-electron chi connectivity index (χ0n) is 18.7. The predicted octanol–water partition coefficient (Wildman–Crippen LogP) is 6.23. The van der Waals surface area contributed by atoms with Crippen LogP contribution in [0.5, 0.6) is 5.75 Å². The van der Waals surface area contributed by atoms with Gasteiger partial charge in [-0.1, -0.05) is 55.5 Å². The minimum Gasteiger partial charge on any atom is -0.484 e. The molecule has 0 aliphatic heterocycles. The molecule has 1 aliphatic carbocycles. The number of ether oxygens (including phenoxy) is 1. The monoisotopic (exact) mass is 602 g/mol. The average molecular weight is 603 g/mol. The molecular weight excluding hydrogens is 574 g/mol. The van der Waals surface area contributed by atoms with Gasteiger partial charge in [-0.2, -0.15) is 0 Å². The van der Waals surface area contributed by atoms with Crippen molar-refractivity contribution in [3.63, 3.8) is 0 Å². The third-order valence-electron chi connectivity index (χ3n) is 5.90. The van der Waals surface area contributed by atoms with Crippen LogP contribution in [0.4, 0.5) is 0 Å². The van der Waals surface area contributed by atoms with Gasteiger partial charge in [-0.15, -0.1) is 0 Å². The molecule has 0 spiro atoms. The molecule has 0 bridgehead atoms. The number of carbonyl (C=O) groups excluding carboxylic acids is 2. The summed E-state index contributed by atoms with van der Waals surface area (Å²) in [4.78, 5) is 28.1. The number of rotatable bonds is 9. The Hall–Kier alpha value is -1.51. The molecule has 5 nitrogen and oxygen atoms in total. The van der Waals surface area contributed by atoms with E-state index in [9.17, 15) is 9.59 Å². The maximum absolute atomic E-state index is 13.3. The van der Waals surface area contributed by atoms with Gasteiger partial charge in [-0.25, -0.2) is 0 Å². The van der Waals surface area contributed by atoms with Crippen LogP contribution in [0.2, 0.25) is 10.0 Å². The van der Waals surface area contributed by atoms with E-state index in [0.717, 1.165) is 29.3 Å². The van der Waals surface area contributed by atoms with Gasteiger partial charge in [0.2, 0.25) is 5.91 Å². The fourth-order valence-corrected chi connectivity index (χ4v) is 4.95. The summed E-state index contributed by atoms with van der Waals surface area (Å²) < 4.78 is 6.81. The molecule has 3 rings (SSSR count). The number of nitrogens with one attached hydrogen (secondary N) is 1. The van der Waals surface area contributed by atoms with E-state index >= 15 is 0 Å². The number of nitrogens with zero attached hydrogens (tertiary/aromatic N) is 1. The van der Waals surface area contributed by atoms with Gasteiger partial charge in [0.25, 0.3) is 5.91 Å². The van der Waals surface area contributed by atoms with E-state index in [1.165, 1.54) is 11.3 Å². The van der Waals surface area contributed by atoms with Gasteiger partial charge in [-0.3, -0.25) is 9.59 Å². The third-order valence-corrected chi connectivity index (χ3v) is 7.33. The van der Waals surface area contributed by atoms with Crippen molar-refractivity contribution in [3.8, 4) is 5.75 Å². The molecule has 1 fully saturated rings. The second kappa shape index (κ2) is 12.8. The van der Waals surface area contributed by atoms with Crippen molar-refractivity contribution < 1.29 is 14.3 Å². The van der Waals surface area contributed by atoms with Gasteiger partial charge in [0.15, 0.2) is 6.61 Å². The summed E-state index contributed by atoms with van der Waals surface area (Å²) in [6.45, 7) is 1.85. The largest absolute Gasteiger partial charge is 0.484 e. The van der Waals surface area contributed by atoms with Crippen molar-refractivity contribution in [2.45, 2.75) is 64.1 Å². The van der Waals surface area contributed by atoms with Crippen LogP contribution in [0.1, 0.15) is 51.0 Å².